The third-order valence-electron chi connectivity index (χ3n) is 5.73. The van der Waals surface area contributed by atoms with Gasteiger partial charge in [0.1, 0.15) is 19.2 Å². The zero-order valence-corrected chi connectivity index (χ0v) is 18.1. The molecule has 0 unspecified atom stereocenters. The molecule has 0 radical (unpaired) electrons. The molecule has 0 bridgehead atoms. The molecule has 7 nitrogen and oxygen atoms in total. The van der Waals surface area contributed by atoms with Crippen LogP contribution in [-0.2, 0) is 14.3 Å². The maximum Gasteiger partial charge on any atom is 0.408 e. The number of likely N-dealkylation sites (N-methyl/N-ethyl adjacent to an activating group) is 1. The highest BCUT2D eigenvalue weighted by molar-refractivity contribution is 5.89. The van der Waals surface area contributed by atoms with Gasteiger partial charge in [0, 0.05) is 13.0 Å². The monoisotopic (exact) mass is 444 g/mol. The van der Waals surface area contributed by atoms with Gasteiger partial charge in [-0.05, 0) is 27.8 Å². The van der Waals surface area contributed by atoms with E-state index in [0.717, 1.165) is 27.2 Å². The van der Waals surface area contributed by atoms with Crippen LogP contribution in [0.3, 0.4) is 0 Å². The molecule has 33 heavy (non-hydrogen) atoms. The van der Waals surface area contributed by atoms with E-state index in [-0.39, 0.29) is 12.5 Å². The predicted octanol–water partition coefficient (Wildman–Crippen LogP) is 3.81. The summed E-state index contributed by atoms with van der Waals surface area (Å²) in [6.45, 7) is -0.366. The van der Waals surface area contributed by atoms with Gasteiger partial charge in [-0.1, -0.05) is 78.9 Å². The van der Waals surface area contributed by atoms with Crippen LogP contribution >= 0.6 is 0 Å². The first-order valence-electron chi connectivity index (χ1n) is 10.6. The number of benzene rings is 3. The molecule has 2 N–H and O–H groups in total. The molecular formula is C26H24N2O5. The van der Waals surface area contributed by atoms with Crippen molar-refractivity contribution in [1.29, 1.82) is 0 Å². The minimum Gasteiger partial charge on any atom is -0.480 e. The van der Waals surface area contributed by atoms with Crippen LogP contribution in [0.1, 0.15) is 28.7 Å². The molecule has 4 rings (SSSR count). The number of carboxylic acids is 1. The molecule has 0 saturated carbocycles. The minimum atomic E-state index is -1.14. The summed E-state index contributed by atoms with van der Waals surface area (Å²) < 4.78 is 5.57. The normalized spacial score (nSPS) is 12.9. The number of nitrogens with zero attached hydrogens (tertiary/aromatic N) is 1. The number of hydrogen-bond acceptors (Lipinski definition) is 4. The third-order valence-corrected chi connectivity index (χ3v) is 5.73. The molecule has 0 saturated heterocycles. The standard InChI is InChI=1S/C26H24N2O5/c1-28(15-23(29)30)25(31)24(17-9-3-2-4-10-17)27-26(32)33-16-22-20-13-7-5-11-18(20)19-12-6-8-14-21(19)22/h2-14,22,24H,15-16H2,1H3,(H,27,32)(H,29,30)/t24-/m1/s1. The number of aliphatic carboxylic acids is 1. The lowest BCUT2D eigenvalue weighted by atomic mass is 9.98. The van der Waals surface area contributed by atoms with Crippen LogP contribution in [0.4, 0.5) is 4.79 Å². The summed E-state index contributed by atoms with van der Waals surface area (Å²) in [5.41, 5.74) is 4.95. The Balaban J connectivity index is 1.49. The van der Waals surface area contributed by atoms with Crippen molar-refractivity contribution in [2.75, 3.05) is 20.2 Å². The zero-order chi connectivity index (χ0) is 23.4. The van der Waals surface area contributed by atoms with Crippen molar-refractivity contribution >= 4 is 18.0 Å². The van der Waals surface area contributed by atoms with Gasteiger partial charge in [0.15, 0.2) is 0 Å². The molecular weight excluding hydrogens is 420 g/mol. The molecule has 0 aliphatic heterocycles. The van der Waals surface area contributed by atoms with E-state index in [1.165, 1.54) is 7.05 Å². The fourth-order valence-electron chi connectivity index (χ4n) is 4.19. The zero-order valence-electron chi connectivity index (χ0n) is 18.1. The van der Waals surface area contributed by atoms with E-state index in [1.54, 1.807) is 30.3 Å². The van der Waals surface area contributed by atoms with E-state index >= 15 is 0 Å². The summed E-state index contributed by atoms with van der Waals surface area (Å²) in [6, 6.07) is 23.6. The van der Waals surface area contributed by atoms with E-state index < -0.39 is 30.6 Å². The third kappa shape index (κ3) is 4.72. The van der Waals surface area contributed by atoms with Gasteiger partial charge in [-0.3, -0.25) is 9.59 Å². The number of carbonyl (C=O) groups is 3. The molecule has 3 aromatic carbocycles. The summed E-state index contributed by atoms with van der Waals surface area (Å²) in [4.78, 5) is 37.7. The van der Waals surface area contributed by atoms with E-state index in [4.69, 9.17) is 9.84 Å². The number of nitrogens with one attached hydrogen (secondary N) is 1. The first kappa shape index (κ1) is 22.1. The number of rotatable bonds is 7. The van der Waals surface area contributed by atoms with Crippen LogP contribution in [0, 0.1) is 0 Å². The lowest BCUT2D eigenvalue weighted by Crippen LogP contribution is -2.43. The number of alkyl carbamates (subject to hydrolysis) is 1. The second kappa shape index (κ2) is 9.56. The van der Waals surface area contributed by atoms with Crippen LogP contribution in [0.15, 0.2) is 78.9 Å². The second-order valence-electron chi connectivity index (χ2n) is 7.90. The molecule has 3 aromatic rings. The maximum absolute atomic E-state index is 12.9. The van der Waals surface area contributed by atoms with Gasteiger partial charge >= 0.3 is 12.1 Å². The largest absolute Gasteiger partial charge is 0.480 e. The van der Waals surface area contributed by atoms with Crippen LogP contribution in [-0.4, -0.2) is 48.2 Å². The number of ether oxygens (including phenoxy) is 1. The summed E-state index contributed by atoms with van der Waals surface area (Å²) in [6.07, 6.45) is -0.747. The predicted molar refractivity (Wildman–Crippen MR) is 123 cm³/mol. The van der Waals surface area contributed by atoms with Gasteiger partial charge in [0.2, 0.25) is 5.91 Å². The Kier molecular flexibility index (Phi) is 6.40. The second-order valence-corrected chi connectivity index (χ2v) is 7.90. The SMILES string of the molecule is CN(CC(=O)O)C(=O)[C@H](NC(=O)OCC1c2ccccc2-c2ccccc21)c1ccccc1. The summed E-state index contributed by atoms with van der Waals surface area (Å²) in [5.74, 6) is -1.79. The van der Waals surface area contributed by atoms with Crippen LogP contribution in [0.2, 0.25) is 0 Å². The van der Waals surface area contributed by atoms with Crippen molar-refractivity contribution in [3.63, 3.8) is 0 Å². The topological polar surface area (TPSA) is 95.9 Å². The van der Waals surface area contributed by atoms with Crippen molar-refractivity contribution in [2.24, 2.45) is 0 Å². The quantitative estimate of drug-likeness (QED) is 0.578. The highest BCUT2D eigenvalue weighted by Gasteiger charge is 2.31. The Morgan fingerprint density at radius 2 is 1.45 bits per heavy atom. The molecule has 0 fully saturated rings. The van der Waals surface area contributed by atoms with E-state index in [1.807, 2.05) is 36.4 Å². The minimum absolute atomic E-state index is 0.108. The van der Waals surface area contributed by atoms with Gasteiger partial charge in [-0.25, -0.2) is 4.79 Å². The van der Waals surface area contributed by atoms with Crippen molar-refractivity contribution in [3.8, 4) is 11.1 Å². The van der Waals surface area contributed by atoms with Crippen LogP contribution in [0.5, 0.6) is 0 Å². The van der Waals surface area contributed by atoms with Crippen LogP contribution in [0.25, 0.3) is 11.1 Å². The Labute approximate surface area is 191 Å². The van der Waals surface area contributed by atoms with Gasteiger partial charge in [0.05, 0.1) is 0 Å². The first-order chi connectivity index (χ1) is 16.0. The molecule has 1 aliphatic carbocycles. The lowest BCUT2D eigenvalue weighted by Gasteiger charge is -2.24. The number of amides is 2. The average Bonchev–Trinajstić information content (AvgIpc) is 3.14. The molecule has 0 heterocycles. The fourth-order valence-corrected chi connectivity index (χ4v) is 4.19. The molecule has 2 amide bonds. The Bertz CT molecular complexity index is 1130. The number of fused-ring (bicyclic) bond motifs is 3. The van der Waals surface area contributed by atoms with Crippen molar-refractivity contribution in [1.82, 2.24) is 10.2 Å². The van der Waals surface area contributed by atoms with Crippen molar-refractivity contribution in [3.05, 3.63) is 95.6 Å². The highest BCUT2D eigenvalue weighted by atomic mass is 16.5. The first-order valence-corrected chi connectivity index (χ1v) is 10.6. The highest BCUT2D eigenvalue weighted by Crippen LogP contribution is 2.44. The molecule has 1 aliphatic rings. The van der Waals surface area contributed by atoms with Crippen LogP contribution < -0.4 is 5.32 Å². The molecule has 168 valence electrons. The van der Waals surface area contributed by atoms with Gasteiger partial charge < -0.3 is 20.1 Å². The summed E-state index contributed by atoms with van der Waals surface area (Å²) in [5, 5.41) is 11.6. The van der Waals surface area contributed by atoms with E-state index in [0.29, 0.717) is 5.56 Å². The van der Waals surface area contributed by atoms with Gasteiger partial charge in [0.25, 0.3) is 0 Å². The smallest absolute Gasteiger partial charge is 0.408 e. The Morgan fingerprint density at radius 3 is 2.03 bits per heavy atom. The van der Waals surface area contributed by atoms with E-state index in [9.17, 15) is 14.4 Å². The molecule has 7 heteroatoms. The summed E-state index contributed by atoms with van der Waals surface area (Å²) >= 11 is 0. The average molecular weight is 444 g/mol. The molecule has 1 atom stereocenters. The molecule has 0 spiro atoms. The van der Waals surface area contributed by atoms with Gasteiger partial charge in [-0.15, -0.1) is 0 Å². The lowest BCUT2D eigenvalue weighted by molar-refractivity contribution is -0.144. The Hall–Kier alpha value is -4.13. The maximum atomic E-state index is 12.9. The summed E-state index contributed by atoms with van der Waals surface area (Å²) in [7, 11) is 1.38. The number of hydrogen-bond donors (Lipinski definition) is 2. The Morgan fingerprint density at radius 1 is 0.909 bits per heavy atom. The number of carboxylic acid groups (broad SMARTS) is 1. The van der Waals surface area contributed by atoms with E-state index in [2.05, 4.69) is 17.4 Å². The number of carbonyl (C=O) groups excluding carboxylic acids is 2. The fraction of sp³-hybridized carbons (Fsp3) is 0.192. The van der Waals surface area contributed by atoms with Crippen molar-refractivity contribution in [2.45, 2.75) is 12.0 Å². The molecule has 0 aromatic heterocycles. The van der Waals surface area contributed by atoms with Gasteiger partial charge in [-0.2, -0.15) is 0 Å². The van der Waals surface area contributed by atoms with Crippen molar-refractivity contribution < 1.29 is 24.2 Å².